The van der Waals surface area contributed by atoms with Crippen molar-refractivity contribution in [3.8, 4) is 0 Å². The van der Waals surface area contributed by atoms with Gasteiger partial charge in [-0.15, -0.1) is 0 Å². The lowest BCUT2D eigenvalue weighted by Gasteiger charge is -2.14. The first-order valence-electron chi connectivity index (χ1n) is 4.93. The van der Waals surface area contributed by atoms with E-state index in [4.69, 9.17) is 5.14 Å². The molecule has 3 N–H and O–H groups in total. The lowest BCUT2D eigenvalue weighted by Crippen LogP contribution is -2.31. The predicted octanol–water partition coefficient (Wildman–Crippen LogP) is 0.776. The van der Waals surface area contributed by atoms with Crippen LogP contribution in [0.1, 0.15) is 18.5 Å². The molecular formula is C10H12F2N2O3S. The number of benzene rings is 1. The van der Waals surface area contributed by atoms with Gasteiger partial charge < -0.3 is 5.32 Å². The first-order valence-corrected chi connectivity index (χ1v) is 6.47. The Kier molecular flexibility index (Phi) is 4.36. The second-order valence-corrected chi connectivity index (χ2v) is 5.21. The summed E-state index contributed by atoms with van der Waals surface area (Å²) in [5.74, 6) is -1.38. The van der Waals surface area contributed by atoms with E-state index in [1.807, 2.05) is 0 Å². The lowest BCUT2D eigenvalue weighted by molar-refractivity contribution is -0.132. The lowest BCUT2D eigenvalue weighted by atomic mass is 10.1. The summed E-state index contributed by atoms with van der Waals surface area (Å²) in [5.41, 5.74) is 0.497. The van der Waals surface area contributed by atoms with E-state index in [9.17, 15) is 22.0 Å². The van der Waals surface area contributed by atoms with Crippen LogP contribution in [-0.4, -0.2) is 20.8 Å². The van der Waals surface area contributed by atoms with Crippen LogP contribution in [0.3, 0.4) is 0 Å². The second-order valence-electron chi connectivity index (χ2n) is 3.65. The molecule has 0 saturated carbocycles. The molecule has 0 saturated heterocycles. The monoisotopic (exact) mass is 278 g/mol. The summed E-state index contributed by atoms with van der Waals surface area (Å²) in [5, 5.41) is 6.99. The van der Waals surface area contributed by atoms with Crippen molar-refractivity contribution in [3.63, 3.8) is 0 Å². The summed E-state index contributed by atoms with van der Waals surface area (Å²) >= 11 is 0. The molecule has 18 heavy (non-hydrogen) atoms. The predicted molar refractivity (Wildman–Crippen MR) is 60.4 cm³/mol. The molecule has 0 radical (unpaired) electrons. The van der Waals surface area contributed by atoms with Crippen molar-refractivity contribution in [3.05, 3.63) is 29.8 Å². The standard InChI is InChI=1S/C10H12F2N2O3S/c1-6(14-10(15)9(11)12)7-2-4-8(5-3-7)18(13,16)17/h2-6,9H,1H3,(H,14,15)(H2,13,16,17). The molecule has 0 fully saturated rings. The molecule has 8 heteroatoms. The number of nitrogens with two attached hydrogens (primary N) is 1. The van der Waals surface area contributed by atoms with E-state index in [1.165, 1.54) is 31.2 Å². The number of carbonyl (C=O) groups is 1. The summed E-state index contributed by atoms with van der Waals surface area (Å²) in [7, 11) is -3.79. The van der Waals surface area contributed by atoms with Gasteiger partial charge in [0.05, 0.1) is 10.9 Å². The van der Waals surface area contributed by atoms with Crippen LogP contribution in [0.4, 0.5) is 8.78 Å². The largest absolute Gasteiger partial charge is 0.345 e. The molecule has 0 aliphatic rings. The number of alkyl halides is 2. The highest BCUT2D eigenvalue weighted by Crippen LogP contribution is 2.15. The normalized spacial score (nSPS) is 13.4. The Morgan fingerprint density at radius 3 is 2.17 bits per heavy atom. The van der Waals surface area contributed by atoms with Gasteiger partial charge in [0, 0.05) is 0 Å². The zero-order valence-electron chi connectivity index (χ0n) is 9.43. The van der Waals surface area contributed by atoms with E-state index in [-0.39, 0.29) is 4.90 Å². The number of carbonyl (C=O) groups excluding carboxylic acids is 1. The molecule has 1 atom stereocenters. The van der Waals surface area contributed by atoms with Crippen molar-refractivity contribution in [2.45, 2.75) is 24.3 Å². The van der Waals surface area contributed by atoms with Gasteiger partial charge in [0.15, 0.2) is 0 Å². The van der Waals surface area contributed by atoms with Crippen molar-refractivity contribution in [2.24, 2.45) is 5.14 Å². The van der Waals surface area contributed by atoms with Crippen LogP contribution in [0.2, 0.25) is 0 Å². The number of halogens is 2. The number of amides is 1. The van der Waals surface area contributed by atoms with Crippen LogP contribution in [-0.2, 0) is 14.8 Å². The second kappa shape index (κ2) is 5.40. The third-order valence-electron chi connectivity index (χ3n) is 2.27. The van der Waals surface area contributed by atoms with Crippen molar-refractivity contribution >= 4 is 15.9 Å². The Hall–Kier alpha value is -1.54. The maximum atomic E-state index is 12.0. The molecule has 1 aromatic carbocycles. The molecule has 1 rings (SSSR count). The van der Waals surface area contributed by atoms with Crippen LogP contribution in [0, 0.1) is 0 Å². The van der Waals surface area contributed by atoms with E-state index in [0.717, 1.165) is 0 Å². The number of nitrogens with one attached hydrogen (secondary N) is 1. The van der Waals surface area contributed by atoms with E-state index in [1.54, 1.807) is 0 Å². The quantitative estimate of drug-likeness (QED) is 0.852. The average Bonchev–Trinajstić information content (AvgIpc) is 2.27. The van der Waals surface area contributed by atoms with E-state index >= 15 is 0 Å². The van der Waals surface area contributed by atoms with E-state index in [2.05, 4.69) is 5.32 Å². The topological polar surface area (TPSA) is 89.3 Å². The molecule has 0 spiro atoms. The maximum absolute atomic E-state index is 12.0. The SMILES string of the molecule is CC(NC(=O)C(F)F)c1ccc(S(N)(=O)=O)cc1. The number of hydrogen-bond donors (Lipinski definition) is 2. The van der Waals surface area contributed by atoms with Crippen LogP contribution >= 0.6 is 0 Å². The smallest absolute Gasteiger partial charge is 0.315 e. The van der Waals surface area contributed by atoms with Gasteiger partial charge in [-0.25, -0.2) is 13.6 Å². The Morgan fingerprint density at radius 1 is 1.28 bits per heavy atom. The van der Waals surface area contributed by atoms with Crippen LogP contribution < -0.4 is 10.5 Å². The van der Waals surface area contributed by atoms with Gasteiger partial charge in [-0.05, 0) is 24.6 Å². The Morgan fingerprint density at radius 2 is 1.78 bits per heavy atom. The fourth-order valence-corrected chi connectivity index (χ4v) is 1.82. The maximum Gasteiger partial charge on any atom is 0.315 e. The minimum absolute atomic E-state index is 0.0846. The van der Waals surface area contributed by atoms with Gasteiger partial charge in [-0.1, -0.05) is 12.1 Å². The Labute approximate surface area is 103 Å². The molecule has 1 unspecified atom stereocenters. The van der Waals surface area contributed by atoms with Crippen molar-refractivity contribution in [1.82, 2.24) is 5.32 Å². The van der Waals surface area contributed by atoms with E-state index in [0.29, 0.717) is 5.56 Å². The highest BCUT2D eigenvalue weighted by Gasteiger charge is 2.18. The molecule has 0 aromatic heterocycles. The summed E-state index contributed by atoms with van der Waals surface area (Å²) in [6.07, 6.45) is -3.09. The first kappa shape index (κ1) is 14.5. The molecule has 100 valence electrons. The summed E-state index contributed by atoms with van der Waals surface area (Å²) in [4.78, 5) is 10.7. The van der Waals surface area contributed by atoms with Crippen molar-refractivity contribution in [2.75, 3.05) is 0 Å². The van der Waals surface area contributed by atoms with Gasteiger partial charge in [0.1, 0.15) is 0 Å². The zero-order valence-corrected chi connectivity index (χ0v) is 10.2. The Balaban J connectivity index is 2.83. The Bertz CT molecular complexity index is 529. The number of rotatable bonds is 4. The first-order chi connectivity index (χ1) is 8.21. The van der Waals surface area contributed by atoms with Gasteiger partial charge >= 0.3 is 6.43 Å². The molecular weight excluding hydrogens is 266 g/mol. The van der Waals surface area contributed by atoms with Gasteiger partial charge in [-0.2, -0.15) is 8.78 Å². The third-order valence-corrected chi connectivity index (χ3v) is 3.19. The number of sulfonamides is 1. The van der Waals surface area contributed by atoms with Crippen LogP contribution in [0.5, 0.6) is 0 Å². The minimum Gasteiger partial charge on any atom is -0.345 e. The molecule has 1 amide bonds. The average molecular weight is 278 g/mol. The summed E-state index contributed by atoms with van der Waals surface area (Å²) < 4.78 is 46.0. The van der Waals surface area contributed by atoms with Gasteiger partial charge in [0.25, 0.3) is 5.91 Å². The van der Waals surface area contributed by atoms with Crippen molar-refractivity contribution in [1.29, 1.82) is 0 Å². The molecule has 0 bridgehead atoms. The number of hydrogen-bond acceptors (Lipinski definition) is 3. The summed E-state index contributed by atoms with van der Waals surface area (Å²) in [6, 6.07) is 4.64. The zero-order chi connectivity index (χ0) is 13.9. The van der Waals surface area contributed by atoms with Gasteiger partial charge in [0.2, 0.25) is 10.0 Å². The van der Waals surface area contributed by atoms with E-state index < -0.39 is 28.4 Å². The fraction of sp³-hybridized carbons (Fsp3) is 0.300. The molecule has 0 aliphatic heterocycles. The third kappa shape index (κ3) is 3.74. The molecule has 1 aromatic rings. The fourth-order valence-electron chi connectivity index (χ4n) is 1.31. The van der Waals surface area contributed by atoms with Gasteiger partial charge in [-0.3, -0.25) is 4.79 Å². The summed E-state index contributed by atoms with van der Waals surface area (Å²) in [6.45, 7) is 1.51. The minimum atomic E-state index is -3.79. The molecule has 0 heterocycles. The highest BCUT2D eigenvalue weighted by atomic mass is 32.2. The highest BCUT2D eigenvalue weighted by molar-refractivity contribution is 7.89. The van der Waals surface area contributed by atoms with Crippen LogP contribution in [0.15, 0.2) is 29.2 Å². The van der Waals surface area contributed by atoms with Crippen molar-refractivity contribution < 1.29 is 22.0 Å². The number of primary sulfonamides is 1. The molecule has 0 aliphatic carbocycles. The van der Waals surface area contributed by atoms with Crippen LogP contribution in [0.25, 0.3) is 0 Å². The molecule has 5 nitrogen and oxygen atoms in total.